The second-order valence-corrected chi connectivity index (χ2v) is 3.43. The van der Waals surface area contributed by atoms with Crippen LogP contribution in [0.2, 0.25) is 0 Å². The highest BCUT2D eigenvalue weighted by atomic mass is 16.4. The normalized spacial score (nSPS) is 11.9. The van der Waals surface area contributed by atoms with Crippen LogP contribution in [0.3, 0.4) is 0 Å². The number of carboxylic acid groups (broad SMARTS) is 1. The zero-order chi connectivity index (χ0) is 11.8. The van der Waals surface area contributed by atoms with Gasteiger partial charge in [0.2, 0.25) is 0 Å². The first kappa shape index (κ1) is 13.7. The maximum atomic E-state index is 11.4. The predicted molar refractivity (Wildman–Crippen MR) is 57.7 cm³/mol. The van der Waals surface area contributed by atoms with Crippen LogP contribution in [0.15, 0.2) is 0 Å². The predicted octanol–water partition coefficient (Wildman–Crippen LogP) is 1.15. The Kier molecular flexibility index (Phi) is 6.49. The molecule has 1 unspecified atom stereocenters. The number of nitrogens with one attached hydrogen (secondary N) is 1. The van der Waals surface area contributed by atoms with Crippen molar-refractivity contribution in [2.24, 2.45) is 5.92 Å². The van der Waals surface area contributed by atoms with E-state index in [1.807, 2.05) is 13.8 Å². The molecule has 0 saturated carbocycles. The molecular formula is C10H20N2O3. The molecule has 1 atom stereocenters. The van der Waals surface area contributed by atoms with Gasteiger partial charge < -0.3 is 15.3 Å². The van der Waals surface area contributed by atoms with Crippen LogP contribution in [-0.4, -0.2) is 41.6 Å². The van der Waals surface area contributed by atoms with E-state index in [0.717, 1.165) is 0 Å². The van der Waals surface area contributed by atoms with E-state index in [-0.39, 0.29) is 6.03 Å². The molecule has 0 spiro atoms. The van der Waals surface area contributed by atoms with E-state index in [2.05, 4.69) is 5.32 Å². The summed E-state index contributed by atoms with van der Waals surface area (Å²) in [7, 11) is 0. The minimum Gasteiger partial charge on any atom is -0.481 e. The fourth-order valence-electron chi connectivity index (χ4n) is 1.14. The van der Waals surface area contributed by atoms with E-state index in [1.165, 1.54) is 0 Å². The number of urea groups is 1. The lowest BCUT2D eigenvalue weighted by atomic mass is 10.1. The first-order valence-electron chi connectivity index (χ1n) is 5.28. The van der Waals surface area contributed by atoms with Crippen molar-refractivity contribution < 1.29 is 14.7 Å². The summed E-state index contributed by atoms with van der Waals surface area (Å²) in [5.74, 6) is -1.24. The Morgan fingerprint density at radius 3 is 2.27 bits per heavy atom. The Morgan fingerprint density at radius 1 is 1.33 bits per heavy atom. The molecule has 0 bridgehead atoms. The zero-order valence-electron chi connectivity index (χ0n) is 9.62. The summed E-state index contributed by atoms with van der Waals surface area (Å²) in [6.45, 7) is 7.17. The highest BCUT2D eigenvalue weighted by Crippen LogP contribution is 1.99. The Hall–Kier alpha value is -1.26. The molecule has 0 saturated heterocycles. The number of carbonyl (C=O) groups is 2. The van der Waals surface area contributed by atoms with E-state index in [9.17, 15) is 9.59 Å². The molecule has 2 amide bonds. The Balaban J connectivity index is 3.76. The quantitative estimate of drug-likeness (QED) is 0.699. The van der Waals surface area contributed by atoms with E-state index >= 15 is 0 Å². The van der Waals surface area contributed by atoms with Gasteiger partial charge in [0.25, 0.3) is 0 Å². The zero-order valence-corrected chi connectivity index (χ0v) is 9.62. The third-order valence-electron chi connectivity index (χ3n) is 2.33. The van der Waals surface area contributed by atoms with Crippen molar-refractivity contribution in [2.45, 2.75) is 27.2 Å². The van der Waals surface area contributed by atoms with Crippen LogP contribution in [-0.2, 0) is 4.79 Å². The monoisotopic (exact) mass is 216 g/mol. The molecule has 5 heteroatoms. The maximum Gasteiger partial charge on any atom is 0.317 e. The fraction of sp³-hybridized carbons (Fsp3) is 0.800. The molecule has 0 aliphatic rings. The molecule has 0 aromatic rings. The van der Waals surface area contributed by atoms with Gasteiger partial charge >= 0.3 is 12.0 Å². The van der Waals surface area contributed by atoms with Crippen LogP contribution in [0.5, 0.6) is 0 Å². The number of rotatable bonds is 6. The molecule has 0 aliphatic carbocycles. The van der Waals surface area contributed by atoms with Crippen LogP contribution >= 0.6 is 0 Å². The summed E-state index contributed by atoms with van der Waals surface area (Å²) < 4.78 is 0. The average molecular weight is 216 g/mol. The smallest absolute Gasteiger partial charge is 0.317 e. The van der Waals surface area contributed by atoms with Crippen LogP contribution in [0.1, 0.15) is 27.2 Å². The lowest BCUT2D eigenvalue weighted by Gasteiger charge is -2.19. The van der Waals surface area contributed by atoms with Gasteiger partial charge in [0.1, 0.15) is 0 Å². The molecule has 0 fully saturated rings. The van der Waals surface area contributed by atoms with E-state index in [1.54, 1.807) is 11.8 Å². The highest BCUT2D eigenvalue weighted by molar-refractivity contribution is 5.74. The SMILES string of the molecule is CCN(CC)C(=O)NCCC(C)C(=O)O. The number of carboxylic acids is 1. The Labute approximate surface area is 90.5 Å². The standard InChI is InChI=1S/C10H20N2O3/c1-4-12(5-2)10(15)11-7-6-8(3)9(13)14/h8H,4-7H2,1-3H3,(H,11,15)(H,13,14). The largest absolute Gasteiger partial charge is 0.481 e. The van der Waals surface area contributed by atoms with Crippen molar-refractivity contribution in [3.05, 3.63) is 0 Å². The van der Waals surface area contributed by atoms with Crippen LogP contribution in [0.4, 0.5) is 4.79 Å². The number of hydrogen-bond acceptors (Lipinski definition) is 2. The van der Waals surface area contributed by atoms with E-state index in [0.29, 0.717) is 26.1 Å². The van der Waals surface area contributed by atoms with Gasteiger partial charge in [-0.05, 0) is 20.3 Å². The maximum absolute atomic E-state index is 11.4. The summed E-state index contributed by atoms with van der Waals surface area (Å²) in [6, 6.07) is -0.127. The average Bonchev–Trinajstić information content (AvgIpc) is 2.19. The van der Waals surface area contributed by atoms with Gasteiger partial charge in [0.15, 0.2) is 0 Å². The van der Waals surface area contributed by atoms with Crippen molar-refractivity contribution in [1.82, 2.24) is 10.2 Å². The van der Waals surface area contributed by atoms with Crippen molar-refractivity contribution in [2.75, 3.05) is 19.6 Å². The second-order valence-electron chi connectivity index (χ2n) is 3.43. The molecule has 0 aromatic carbocycles. The lowest BCUT2D eigenvalue weighted by molar-refractivity contribution is -0.141. The van der Waals surface area contributed by atoms with Gasteiger partial charge in [-0.25, -0.2) is 4.79 Å². The van der Waals surface area contributed by atoms with Gasteiger partial charge in [-0.3, -0.25) is 4.79 Å². The van der Waals surface area contributed by atoms with Gasteiger partial charge in [-0.15, -0.1) is 0 Å². The number of carbonyl (C=O) groups excluding carboxylic acids is 1. The highest BCUT2D eigenvalue weighted by Gasteiger charge is 2.12. The second kappa shape index (κ2) is 7.09. The summed E-state index contributed by atoms with van der Waals surface area (Å²) >= 11 is 0. The molecule has 2 N–H and O–H groups in total. The molecule has 0 heterocycles. The van der Waals surface area contributed by atoms with Gasteiger partial charge in [-0.1, -0.05) is 6.92 Å². The van der Waals surface area contributed by atoms with Crippen molar-refractivity contribution in [3.63, 3.8) is 0 Å². The number of amides is 2. The van der Waals surface area contributed by atoms with Crippen molar-refractivity contribution in [1.29, 1.82) is 0 Å². The Bertz CT molecular complexity index is 215. The van der Waals surface area contributed by atoms with Gasteiger partial charge in [0.05, 0.1) is 5.92 Å². The number of aliphatic carboxylic acids is 1. The first-order valence-corrected chi connectivity index (χ1v) is 5.28. The summed E-state index contributed by atoms with van der Waals surface area (Å²) in [5.41, 5.74) is 0. The summed E-state index contributed by atoms with van der Waals surface area (Å²) in [4.78, 5) is 23.6. The molecule has 0 aliphatic heterocycles. The van der Waals surface area contributed by atoms with Crippen LogP contribution < -0.4 is 5.32 Å². The molecule has 88 valence electrons. The number of hydrogen-bond donors (Lipinski definition) is 2. The minimum absolute atomic E-state index is 0.127. The number of nitrogens with zero attached hydrogens (tertiary/aromatic N) is 1. The van der Waals surface area contributed by atoms with E-state index in [4.69, 9.17) is 5.11 Å². The third kappa shape index (κ3) is 5.24. The Morgan fingerprint density at radius 2 is 1.87 bits per heavy atom. The van der Waals surface area contributed by atoms with Gasteiger partial charge in [0, 0.05) is 19.6 Å². The van der Waals surface area contributed by atoms with Crippen LogP contribution in [0, 0.1) is 5.92 Å². The lowest BCUT2D eigenvalue weighted by Crippen LogP contribution is -2.40. The third-order valence-corrected chi connectivity index (χ3v) is 2.33. The molecular weight excluding hydrogens is 196 g/mol. The van der Waals surface area contributed by atoms with Crippen molar-refractivity contribution >= 4 is 12.0 Å². The molecule has 15 heavy (non-hydrogen) atoms. The molecule has 0 aromatic heterocycles. The topological polar surface area (TPSA) is 69.6 Å². The van der Waals surface area contributed by atoms with Crippen LogP contribution in [0.25, 0.3) is 0 Å². The minimum atomic E-state index is -0.827. The fourth-order valence-corrected chi connectivity index (χ4v) is 1.14. The summed E-state index contributed by atoms with van der Waals surface area (Å²) in [6.07, 6.45) is 0.461. The molecule has 5 nitrogen and oxygen atoms in total. The molecule has 0 radical (unpaired) electrons. The van der Waals surface area contributed by atoms with Crippen molar-refractivity contribution in [3.8, 4) is 0 Å². The van der Waals surface area contributed by atoms with E-state index < -0.39 is 11.9 Å². The summed E-state index contributed by atoms with van der Waals surface area (Å²) in [5, 5.41) is 11.3. The molecule has 0 rings (SSSR count). The van der Waals surface area contributed by atoms with Gasteiger partial charge in [-0.2, -0.15) is 0 Å². The first-order chi connectivity index (χ1) is 7.02.